The molecule has 1 aromatic heterocycles. The third-order valence-electron chi connectivity index (χ3n) is 2.46. The number of nitrogens with one attached hydrogen (secondary N) is 1. The number of aromatic nitrogens is 3. The molecule has 0 atom stereocenters. The van der Waals surface area contributed by atoms with E-state index in [9.17, 15) is 9.18 Å². The van der Waals surface area contributed by atoms with Crippen molar-refractivity contribution in [3.8, 4) is 0 Å². The second kappa shape index (κ2) is 6.05. The molecule has 0 saturated heterocycles. The van der Waals surface area contributed by atoms with Gasteiger partial charge < -0.3 is 10.4 Å². The van der Waals surface area contributed by atoms with E-state index in [-0.39, 0.29) is 24.9 Å². The van der Waals surface area contributed by atoms with Gasteiger partial charge in [0.25, 0.3) is 0 Å². The molecule has 100 valence electrons. The van der Waals surface area contributed by atoms with E-state index in [0.29, 0.717) is 12.2 Å². The molecular formula is C12H13FN4O2. The van der Waals surface area contributed by atoms with Gasteiger partial charge in [-0.1, -0.05) is 17.3 Å². The number of nitrogens with zero attached hydrogens (tertiary/aromatic N) is 3. The third-order valence-corrected chi connectivity index (χ3v) is 2.46. The van der Waals surface area contributed by atoms with E-state index in [2.05, 4.69) is 15.6 Å². The first-order chi connectivity index (χ1) is 9.17. The third kappa shape index (κ3) is 3.85. The maximum absolute atomic E-state index is 12.7. The van der Waals surface area contributed by atoms with Crippen LogP contribution in [0.25, 0.3) is 0 Å². The number of aliphatic hydroxyl groups is 1. The van der Waals surface area contributed by atoms with E-state index in [4.69, 9.17) is 5.11 Å². The van der Waals surface area contributed by atoms with E-state index < -0.39 is 0 Å². The number of carbonyl (C=O) groups is 1. The molecule has 0 bridgehead atoms. The Morgan fingerprint density at radius 1 is 1.37 bits per heavy atom. The van der Waals surface area contributed by atoms with Gasteiger partial charge in [-0.2, -0.15) is 0 Å². The lowest BCUT2D eigenvalue weighted by atomic mass is 10.2. The molecule has 0 aliphatic rings. The molecule has 2 rings (SSSR count). The van der Waals surface area contributed by atoms with Gasteiger partial charge >= 0.3 is 0 Å². The molecule has 0 radical (unpaired) electrons. The van der Waals surface area contributed by atoms with E-state index in [0.717, 1.165) is 5.56 Å². The van der Waals surface area contributed by atoms with Crippen LogP contribution in [-0.4, -0.2) is 26.0 Å². The quantitative estimate of drug-likeness (QED) is 0.810. The number of hydrogen-bond acceptors (Lipinski definition) is 4. The lowest BCUT2D eigenvalue weighted by Gasteiger charge is -2.05. The summed E-state index contributed by atoms with van der Waals surface area (Å²) in [5.41, 5.74) is 1.22. The van der Waals surface area contributed by atoms with Crippen LogP contribution in [0.1, 0.15) is 11.3 Å². The summed E-state index contributed by atoms with van der Waals surface area (Å²) in [4.78, 5) is 11.6. The predicted molar refractivity (Wildman–Crippen MR) is 64.2 cm³/mol. The van der Waals surface area contributed by atoms with Gasteiger partial charge in [0.1, 0.15) is 18.1 Å². The molecule has 1 amide bonds. The van der Waals surface area contributed by atoms with Crippen LogP contribution in [0.15, 0.2) is 30.5 Å². The van der Waals surface area contributed by atoms with Crippen molar-refractivity contribution in [2.75, 3.05) is 0 Å². The van der Waals surface area contributed by atoms with E-state index in [1.165, 1.54) is 23.0 Å². The number of aliphatic hydroxyl groups excluding tert-OH is 1. The second-order valence-electron chi connectivity index (χ2n) is 3.97. The Balaban J connectivity index is 1.82. The SMILES string of the molecule is O=C(Cn1cc(CO)nn1)NCc1ccc(F)cc1. The van der Waals surface area contributed by atoms with Crippen molar-refractivity contribution in [1.82, 2.24) is 20.3 Å². The van der Waals surface area contributed by atoms with Crippen molar-refractivity contribution in [1.29, 1.82) is 0 Å². The van der Waals surface area contributed by atoms with Crippen LogP contribution in [0.3, 0.4) is 0 Å². The molecular weight excluding hydrogens is 251 g/mol. The van der Waals surface area contributed by atoms with Crippen molar-refractivity contribution in [2.24, 2.45) is 0 Å². The molecule has 2 N–H and O–H groups in total. The monoisotopic (exact) mass is 264 g/mol. The van der Waals surface area contributed by atoms with Crippen molar-refractivity contribution in [2.45, 2.75) is 19.7 Å². The summed E-state index contributed by atoms with van der Waals surface area (Å²) in [5, 5.41) is 18.8. The van der Waals surface area contributed by atoms with Crippen LogP contribution >= 0.6 is 0 Å². The number of halogens is 1. The Kier molecular flexibility index (Phi) is 4.19. The smallest absolute Gasteiger partial charge is 0.242 e. The summed E-state index contributed by atoms with van der Waals surface area (Å²) in [5.74, 6) is -0.548. The van der Waals surface area contributed by atoms with Crippen molar-refractivity contribution in [3.63, 3.8) is 0 Å². The summed E-state index contributed by atoms with van der Waals surface area (Å²) in [7, 11) is 0. The van der Waals surface area contributed by atoms with Crippen LogP contribution < -0.4 is 5.32 Å². The minimum atomic E-state index is -0.311. The highest BCUT2D eigenvalue weighted by Gasteiger charge is 2.05. The minimum Gasteiger partial charge on any atom is -0.390 e. The molecule has 0 unspecified atom stereocenters. The highest BCUT2D eigenvalue weighted by Crippen LogP contribution is 2.02. The minimum absolute atomic E-state index is 0.0220. The summed E-state index contributed by atoms with van der Waals surface area (Å²) >= 11 is 0. The fraction of sp³-hybridized carbons (Fsp3) is 0.250. The molecule has 0 aliphatic heterocycles. The zero-order valence-electron chi connectivity index (χ0n) is 10.1. The van der Waals surface area contributed by atoms with Gasteiger partial charge in [-0.15, -0.1) is 5.10 Å². The Morgan fingerprint density at radius 2 is 2.11 bits per heavy atom. The summed E-state index contributed by atoms with van der Waals surface area (Å²) in [6.07, 6.45) is 1.50. The molecule has 2 aromatic rings. The average Bonchev–Trinajstić information content (AvgIpc) is 2.86. The van der Waals surface area contributed by atoms with Crippen molar-refractivity contribution in [3.05, 3.63) is 47.5 Å². The van der Waals surface area contributed by atoms with Crippen LogP contribution in [0.5, 0.6) is 0 Å². The van der Waals surface area contributed by atoms with Gasteiger partial charge in [0.2, 0.25) is 5.91 Å². The molecule has 19 heavy (non-hydrogen) atoms. The largest absolute Gasteiger partial charge is 0.390 e. The molecule has 0 fully saturated rings. The van der Waals surface area contributed by atoms with Crippen molar-refractivity contribution < 1.29 is 14.3 Å². The lowest BCUT2D eigenvalue weighted by molar-refractivity contribution is -0.122. The van der Waals surface area contributed by atoms with Gasteiger partial charge in [-0.05, 0) is 17.7 Å². The van der Waals surface area contributed by atoms with Gasteiger partial charge in [0.05, 0.1) is 12.8 Å². The summed E-state index contributed by atoms with van der Waals surface area (Å²) in [6.45, 7) is 0.131. The van der Waals surface area contributed by atoms with Gasteiger partial charge in [-0.25, -0.2) is 9.07 Å². The van der Waals surface area contributed by atoms with Crippen LogP contribution in [0.2, 0.25) is 0 Å². The number of amides is 1. The topological polar surface area (TPSA) is 80.0 Å². The molecule has 6 nitrogen and oxygen atoms in total. The van der Waals surface area contributed by atoms with Crippen molar-refractivity contribution >= 4 is 5.91 Å². The van der Waals surface area contributed by atoms with Crippen LogP contribution in [0.4, 0.5) is 4.39 Å². The Labute approximate surface area is 108 Å². The van der Waals surface area contributed by atoms with Gasteiger partial charge in [-0.3, -0.25) is 4.79 Å². The van der Waals surface area contributed by atoms with E-state index >= 15 is 0 Å². The number of carbonyl (C=O) groups excluding carboxylic acids is 1. The lowest BCUT2D eigenvalue weighted by Crippen LogP contribution is -2.27. The second-order valence-corrected chi connectivity index (χ2v) is 3.97. The number of benzene rings is 1. The maximum atomic E-state index is 12.7. The molecule has 7 heteroatoms. The van der Waals surface area contributed by atoms with Crippen LogP contribution in [-0.2, 0) is 24.5 Å². The molecule has 1 heterocycles. The summed E-state index contributed by atoms with van der Waals surface area (Å²) in [6, 6.07) is 5.89. The average molecular weight is 264 g/mol. The number of hydrogen-bond donors (Lipinski definition) is 2. The summed E-state index contributed by atoms with van der Waals surface area (Å²) < 4.78 is 14.0. The molecule has 0 saturated carbocycles. The van der Waals surface area contributed by atoms with E-state index in [1.807, 2.05) is 0 Å². The maximum Gasteiger partial charge on any atom is 0.242 e. The predicted octanol–water partition coefficient (Wildman–Crippen LogP) is 0.226. The Morgan fingerprint density at radius 3 is 2.74 bits per heavy atom. The molecule has 0 aliphatic carbocycles. The number of rotatable bonds is 5. The zero-order chi connectivity index (χ0) is 13.7. The first-order valence-corrected chi connectivity index (χ1v) is 5.68. The standard InChI is InChI=1S/C12H13FN4O2/c13-10-3-1-9(2-4-10)5-14-12(19)7-17-6-11(8-18)15-16-17/h1-4,6,18H,5,7-8H2,(H,14,19). The van der Waals surface area contributed by atoms with Gasteiger partial charge in [0, 0.05) is 6.54 Å². The van der Waals surface area contributed by atoms with Crippen LogP contribution in [0, 0.1) is 5.82 Å². The Bertz CT molecular complexity index is 553. The first kappa shape index (κ1) is 13.2. The first-order valence-electron chi connectivity index (χ1n) is 5.68. The Hall–Kier alpha value is -2.28. The fourth-order valence-corrected chi connectivity index (χ4v) is 1.49. The normalized spacial score (nSPS) is 10.4. The zero-order valence-corrected chi connectivity index (χ0v) is 10.1. The van der Waals surface area contributed by atoms with E-state index in [1.54, 1.807) is 12.1 Å². The fourth-order valence-electron chi connectivity index (χ4n) is 1.49. The molecule has 0 spiro atoms. The highest BCUT2D eigenvalue weighted by molar-refractivity contribution is 5.75. The molecule has 1 aromatic carbocycles. The highest BCUT2D eigenvalue weighted by atomic mass is 19.1. The van der Waals surface area contributed by atoms with Gasteiger partial charge in [0.15, 0.2) is 0 Å².